The first-order valence-corrected chi connectivity index (χ1v) is 5.29. The fraction of sp³-hybridized carbons (Fsp3) is 1.00. The summed E-state index contributed by atoms with van der Waals surface area (Å²) in [5.41, 5.74) is 0. The Labute approximate surface area is 51.8 Å². The Morgan fingerprint density at radius 1 is 1.12 bits per heavy atom. The van der Waals surface area contributed by atoms with E-state index in [0.717, 1.165) is 0 Å². The van der Waals surface area contributed by atoms with Crippen molar-refractivity contribution in [3.8, 4) is 0 Å². The number of rotatable bonds is 0. The molecule has 2 heteroatoms. The molecule has 0 aromatic carbocycles. The predicted octanol–water partition coefficient (Wildman–Crippen LogP) is 1.15. The lowest BCUT2D eigenvalue weighted by Gasteiger charge is -2.21. The molecule has 1 nitrogen and oxygen atoms in total. The van der Waals surface area contributed by atoms with Crippen molar-refractivity contribution in [3.05, 3.63) is 0 Å². The van der Waals surface area contributed by atoms with E-state index in [1.165, 1.54) is 25.8 Å². The number of nitrogens with zero attached hydrogens (tertiary/aromatic N) is 1. The normalized spacial score (nSPS) is 45.0. The minimum atomic E-state index is 0.530. The molecule has 0 radical (unpaired) electrons. The Balaban J connectivity index is 2.03. The van der Waals surface area contributed by atoms with Crippen LogP contribution in [0.3, 0.4) is 0 Å². The van der Waals surface area contributed by atoms with Crippen LogP contribution in [-0.2, 0) is 0 Å². The molecule has 2 aliphatic rings. The molecular weight excluding hydrogens is 117 g/mol. The maximum absolute atomic E-state index is 2.62. The molecule has 2 bridgehead atoms. The highest BCUT2D eigenvalue weighted by Crippen LogP contribution is 2.44. The summed E-state index contributed by atoms with van der Waals surface area (Å²) in [6.45, 7) is 2.82. The average molecular weight is 129 g/mol. The molecular formula is C6H12NP. The highest BCUT2D eigenvalue weighted by Gasteiger charge is 2.24. The third-order valence-corrected chi connectivity index (χ3v) is 4.66. The van der Waals surface area contributed by atoms with Crippen molar-refractivity contribution in [1.29, 1.82) is 0 Å². The second-order valence-corrected chi connectivity index (χ2v) is 5.25. The zero-order valence-corrected chi connectivity index (χ0v) is 6.03. The SMILES string of the molecule is C1CN2CCP(C1)C2. The Morgan fingerprint density at radius 2 is 2.12 bits per heavy atom. The third-order valence-electron chi connectivity index (χ3n) is 2.08. The van der Waals surface area contributed by atoms with E-state index in [0.29, 0.717) is 7.92 Å². The summed E-state index contributed by atoms with van der Waals surface area (Å²) in [5, 5.41) is 0. The molecule has 0 spiro atoms. The largest absolute Gasteiger partial charge is 0.299 e. The van der Waals surface area contributed by atoms with Crippen molar-refractivity contribution in [2.45, 2.75) is 6.42 Å². The van der Waals surface area contributed by atoms with Gasteiger partial charge in [0.1, 0.15) is 0 Å². The van der Waals surface area contributed by atoms with Crippen LogP contribution in [0, 0.1) is 0 Å². The molecule has 2 unspecified atom stereocenters. The van der Waals surface area contributed by atoms with Gasteiger partial charge in [-0.15, -0.1) is 0 Å². The topological polar surface area (TPSA) is 3.24 Å². The summed E-state index contributed by atoms with van der Waals surface area (Å²) >= 11 is 0. The average Bonchev–Trinajstić information content (AvgIpc) is 2.12. The van der Waals surface area contributed by atoms with Gasteiger partial charge in [0.25, 0.3) is 0 Å². The maximum Gasteiger partial charge on any atom is 0.0184 e. The summed E-state index contributed by atoms with van der Waals surface area (Å²) in [6.07, 6.45) is 6.10. The van der Waals surface area contributed by atoms with Gasteiger partial charge < -0.3 is 0 Å². The Kier molecular flexibility index (Phi) is 1.28. The lowest BCUT2D eigenvalue weighted by atomic mass is 10.4. The first-order valence-electron chi connectivity index (χ1n) is 3.40. The van der Waals surface area contributed by atoms with Crippen molar-refractivity contribution >= 4 is 7.92 Å². The van der Waals surface area contributed by atoms with Crippen molar-refractivity contribution < 1.29 is 0 Å². The van der Waals surface area contributed by atoms with Crippen molar-refractivity contribution in [1.82, 2.24) is 4.90 Å². The van der Waals surface area contributed by atoms with Gasteiger partial charge in [0.05, 0.1) is 0 Å². The molecule has 46 valence electrons. The van der Waals surface area contributed by atoms with Gasteiger partial charge in [0.15, 0.2) is 0 Å². The monoisotopic (exact) mass is 129 g/mol. The fourth-order valence-electron chi connectivity index (χ4n) is 1.59. The molecule has 2 rings (SSSR count). The van der Waals surface area contributed by atoms with Crippen LogP contribution in [0.25, 0.3) is 0 Å². The first kappa shape index (κ1) is 5.20. The van der Waals surface area contributed by atoms with Crippen LogP contribution < -0.4 is 0 Å². The summed E-state index contributed by atoms with van der Waals surface area (Å²) in [4.78, 5) is 2.62. The quantitative estimate of drug-likeness (QED) is 0.443. The lowest BCUT2D eigenvalue weighted by molar-refractivity contribution is 0.351. The molecule has 0 aromatic heterocycles. The molecule has 2 atom stereocenters. The van der Waals surface area contributed by atoms with E-state index in [2.05, 4.69) is 4.90 Å². The highest BCUT2D eigenvalue weighted by molar-refractivity contribution is 7.57. The Bertz CT molecular complexity index is 80.5. The summed E-state index contributed by atoms with van der Waals surface area (Å²) in [5.74, 6) is 0. The van der Waals surface area contributed by atoms with Crippen LogP contribution >= 0.6 is 7.92 Å². The van der Waals surface area contributed by atoms with E-state index in [1.54, 1.807) is 12.3 Å². The minimum absolute atomic E-state index is 0.530. The van der Waals surface area contributed by atoms with Crippen LogP contribution in [0.5, 0.6) is 0 Å². The van der Waals surface area contributed by atoms with E-state index in [-0.39, 0.29) is 0 Å². The number of hydrogen-bond acceptors (Lipinski definition) is 1. The van der Waals surface area contributed by atoms with E-state index < -0.39 is 0 Å². The van der Waals surface area contributed by atoms with E-state index in [9.17, 15) is 0 Å². The molecule has 2 heterocycles. The smallest absolute Gasteiger partial charge is 0.0184 e. The van der Waals surface area contributed by atoms with Gasteiger partial charge in [0.2, 0.25) is 0 Å². The van der Waals surface area contributed by atoms with Crippen LogP contribution in [0.15, 0.2) is 0 Å². The third kappa shape index (κ3) is 0.784. The molecule has 8 heavy (non-hydrogen) atoms. The van der Waals surface area contributed by atoms with Crippen molar-refractivity contribution in [2.24, 2.45) is 0 Å². The summed E-state index contributed by atoms with van der Waals surface area (Å²) in [6, 6.07) is 0. The lowest BCUT2D eigenvalue weighted by Crippen LogP contribution is -2.23. The van der Waals surface area contributed by atoms with E-state index in [1.807, 2.05) is 0 Å². The maximum atomic E-state index is 2.62. The first-order chi connectivity index (χ1) is 3.95. The van der Waals surface area contributed by atoms with Crippen LogP contribution in [0.2, 0.25) is 0 Å². The van der Waals surface area contributed by atoms with Crippen LogP contribution in [-0.4, -0.2) is 36.6 Å². The van der Waals surface area contributed by atoms with Gasteiger partial charge >= 0.3 is 0 Å². The summed E-state index contributed by atoms with van der Waals surface area (Å²) in [7, 11) is 0.530. The molecule has 0 saturated carbocycles. The second-order valence-electron chi connectivity index (χ2n) is 2.73. The molecule has 0 amide bonds. The van der Waals surface area contributed by atoms with Crippen LogP contribution in [0.4, 0.5) is 0 Å². The van der Waals surface area contributed by atoms with Gasteiger partial charge in [-0.1, -0.05) is 7.92 Å². The van der Waals surface area contributed by atoms with Crippen molar-refractivity contribution in [2.75, 3.05) is 31.7 Å². The van der Waals surface area contributed by atoms with Gasteiger partial charge in [-0.3, -0.25) is 4.90 Å². The van der Waals surface area contributed by atoms with Gasteiger partial charge in [-0.05, 0) is 25.3 Å². The molecule has 2 fully saturated rings. The second kappa shape index (κ2) is 1.97. The van der Waals surface area contributed by atoms with Crippen molar-refractivity contribution in [3.63, 3.8) is 0 Å². The van der Waals surface area contributed by atoms with E-state index >= 15 is 0 Å². The van der Waals surface area contributed by atoms with E-state index in [4.69, 9.17) is 0 Å². The zero-order chi connectivity index (χ0) is 5.40. The minimum Gasteiger partial charge on any atom is -0.299 e. The highest BCUT2D eigenvalue weighted by atomic mass is 31.1. The Hall–Kier alpha value is 0.390. The fourth-order valence-corrected chi connectivity index (χ4v) is 4.10. The molecule has 0 aliphatic carbocycles. The molecule has 2 aliphatic heterocycles. The molecule has 0 N–H and O–H groups in total. The predicted molar refractivity (Wildman–Crippen MR) is 37.7 cm³/mol. The van der Waals surface area contributed by atoms with Gasteiger partial charge in [-0.2, -0.15) is 0 Å². The van der Waals surface area contributed by atoms with Crippen LogP contribution in [0.1, 0.15) is 6.42 Å². The summed E-state index contributed by atoms with van der Waals surface area (Å²) < 4.78 is 0. The van der Waals surface area contributed by atoms with Gasteiger partial charge in [-0.25, -0.2) is 0 Å². The molecule has 2 saturated heterocycles. The standard InChI is InChI=1S/C6H12NP/c1-2-7-3-5-8(4-1)6-7/h1-6H2. The molecule has 0 aromatic rings. The Morgan fingerprint density at radius 3 is 2.88 bits per heavy atom. The zero-order valence-electron chi connectivity index (χ0n) is 5.14. The number of hydrogen-bond donors (Lipinski definition) is 0. The number of fused-ring (bicyclic) bond motifs is 2. The van der Waals surface area contributed by atoms with Gasteiger partial charge in [0, 0.05) is 12.8 Å².